The van der Waals surface area contributed by atoms with Gasteiger partial charge < -0.3 is 4.74 Å². The van der Waals surface area contributed by atoms with Crippen molar-refractivity contribution in [3.8, 4) is 5.75 Å². The van der Waals surface area contributed by atoms with Gasteiger partial charge in [-0.1, -0.05) is 28.1 Å². The van der Waals surface area contributed by atoms with Gasteiger partial charge in [0.15, 0.2) is 9.84 Å². The van der Waals surface area contributed by atoms with Crippen molar-refractivity contribution in [1.29, 1.82) is 0 Å². The second-order valence-corrected chi connectivity index (χ2v) is 13.9. The molecule has 0 amide bonds. The third kappa shape index (κ3) is 6.16. The first-order valence-electron chi connectivity index (χ1n) is 10.9. The van der Waals surface area contributed by atoms with Crippen LogP contribution in [0.1, 0.15) is 29.5 Å². The van der Waals surface area contributed by atoms with Crippen LogP contribution in [0.2, 0.25) is 0 Å². The average molecular weight is 558 g/mol. The first-order valence-corrected chi connectivity index (χ1v) is 15.4. The molecule has 0 spiro atoms. The molecule has 0 unspecified atom stereocenters. The van der Waals surface area contributed by atoms with E-state index in [0.29, 0.717) is 44.8 Å². The molecule has 10 heteroatoms. The summed E-state index contributed by atoms with van der Waals surface area (Å²) in [7, 11) is -6.64. The maximum absolute atomic E-state index is 12.5. The normalized spacial score (nSPS) is 18.4. The van der Waals surface area contributed by atoms with Crippen molar-refractivity contribution in [3.05, 3.63) is 57.6 Å². The number of sulfone groups is 1. The molecule has 1 saturated heterocycles. The molecule has 0 atom stereocenters. The minimum absolute atomic E-state index is 0.192. The summed E-state index contributed by atoms with van der Waals surface area (Å²) in [5, 5.41) is 0. The molecule has 0 aliphatic carbocycles. The van der Waals surface area contributed by atoms with Crippen LogP contribution in [0.3, 0.4) is 0 Å². The summed E-state index contributed by atoms with van der Waals surface area (Å²) in [4.78, 5) is 2.49. The number of benzene rings is 2. The second kappa shape index (κ2) is 9.65. The standard InChI is InChI=1S/C23H29BrN2O5S2/c1-32(27,28)23-11-18(13-25-14-19-4-5-21(24)12-20(19)15-25)3-6-22(23)31-16-17-7-9-26(10-8-17)33(2,29)30/h3-6,11-12,17H,7-10,13-16H2,1-2H3. The van der Waals surface area contributed by atoms with Crippen molar-refractivity contribution >= 4 is 35.8 Å². The molecule has 0 aromatic heterocycles. The summed E-state index contributed by atoms with van der Waals surface area (Å²) >= 11 is 3.52. The van der Waals surface area contributed by atoms with E-state index in [1.165, 1.54) is 27.9 Å². The third-order valence-electron chi connectivity index (χ3n) is 6.29. The fourth-order valence-corrected chi connectivity index (χ4v) is 6.62. The number of ether oxygens (including phenoxy) is 1. The molecule has 33 heavy (non-hydrogen) atoms. The molecular formula is C23H29BrN2O5S2. The fourth-order valence-electron chi connectivity index (χ4n) is 4.48. The Morgan fingerprint density at radius 2 is 1.67 bits per heavy atom. The van der Waals surface area contributed by atoms with Gasteiger partial charge in [-0.2, -0.15) is 0 Å². The van der Waals surface area contributed by atoms with Crippen LogP contribution in [0.4, 0.5) is 0 Å². The highest BCUT2D eigenvalue weighted by atomic mass is 79.9. The van der Waals surface area contributed by atoms with Crippen LogP contribution in [0.25, 0.3) is 0 Å². The van der Waals surface area contributed by atoms with Crippen molar-refractivity contribution in [2.75, 3.05) is 32.2 Å². The Kier molecular flexibility index (Phi) is 7.21. The van der Waals surface area contributed by atoms with E-state index >= 15 is 0 Å². The van der Waals surface area contributed by atoms with E-state index in [0.717, 1.165) is 23.1 Å². The molecule has 2 aliphatic heterocycles. The van der Waals surface area contributed by atoms with Crippen molar-refractivity contribution in [2.45, 2.75) is 37.4 Å². The molecular weight excluding hydrogens is 528 g/mol. The van der Waals surface area contributed by atoms with Gasteiger partial charge in [-0.25, -0.2) is 21.1 Å². The smallest absolute Gasteiger partial charge is 0.211 e. The Labute approximate surface area is 204 Å². The summed E-state index contributed by atoms with van der Waals surface area (Å²) < 4.78 is 56.8. The Balaban J connectivity index is 1.41. The molecule has 2 aromatic carbocycles. The largest absolute Gasteiger partial charge is 0.492 e. The van der Waals surface area contributed by atoms with Gasteiger partial charge in [0, 0.05) is 43.5 Å². The van der Waals surface area contributed by atoms with Gasteiger partial charge in [0.25, 0.3) is 0 Å². The van der Waals surface area contributed by atoms with Gasteiger partial charge in [0.1, 0.15) is 10.6 Å². The fraction of sp³-hybridized carbons (Fsp3) is 0.478. The van der Waals surface area contributed by atoms with Crippen molar-refractivity contribution in [2.24, 2.45) is 5.92 Å². The molecule has 1 fully saturated rings. The minimum atomic E-state index is -3.47. The summed E-state index contributed by atoms with van der Waals surface area (Å²) in [6.07, 6.45) is 3.83. The van der Waals surface area contributed by atoms with Crippen molar-refractivity contribution in [1.82, 2.24) is 9.21 Å². The lowest BCUT2D eigenvalue weighted by atomic mass is 9.99. The van der Waals surface area contributed by atoms with Gasteiger partial charge in [0.2, 0.25) is 10.0 Å². The van der Waals surface area contributed by atoms with Gasteiger partial charge in [-0.15, -0.1) is 0 Å². The quantitative estimate of drug-likeness (QED) is 0.519. The van der Waals surface area contributed by atoms with Gasteiger partial charge >= 0.3 is 0 Å². The summed E-state index contributed by atoms with van der Waals surface area (Å²) in [6.45, 7) is 3.63. The number of fused-ring (bicyclic) bond motifs is 1. The molecule has 0 saturated carbocycles. The van der Waals surface area contributed by atoms with Gasteiger partial charge in [-0.3, -0.25) is 4.90 Å². The van der Waals surface area contributed by atoms with Crippen LogP contribution < -0.4 is 4.74 Å². The van der Waals surface area contributed by atoms with Crippen LogP contribution in [0, 0.1) is 5.92 Å². The maximum Gasteiger partial charge on any atom is 0.211 e. The Morgan fingerprint density at radius 3 is 2.33 bits per heavy atom. The number of sulfonamides is 1. The molecule has 180 valence electrons. The molecule has 2 aliphatic rings. The number of hydrogen-bond donors (Lipinski definition) is 0. The molecule has 0 radical (unpaired) electrons. The highest BCUT2D eigenvalue weighted by Crippen LogP contribution is 2.30. The third-order valence-corrected chi connectivity index (χ3v) is 9.20. The zero-order chi connectivity index (χ0) is 23.8. The molecule has 2 heterocycles. The van der Waals surface area contributed by atoms with Crippen LogP contribution >= 0.6 is 15.9 Å². The minimum Gasteiger partial charge on any atom is -0.492 e. The molecule has 4 rings (SSSR count). The SMILES string of the molecule is CS(=O)(=O)c1cc(CN2Cc3ccc(Br)cc3C2)ccc1OCC1CCN(S(C)(=O)=O)CC1. The average Bonchev–Trinajstić information content (AvgIpc) is 3.13. The summed E-state index contributed by atoms with van der Waals surface area (Å²) in [5.74, 6) is 0.554. The van der Waals surface area contributed by atoms with Crippen LogP contribution in [0.5, 0.6) is 5.75 Å². The first kappa shape index (κ1) is 24.7. The lowest BCUT2D eigenvalue weighted by Crippen LogP contribution is -2.39. The first-order chi connectivity index (χ1) is 15.5. The second-order valence-electron chi connectivity index (χ2n) is 9.03. The predicted molar refractivity (Wildman–Crippen MR) is 131 cm³/mol. The zero-order valence-electron chi connectivity index (χ0n) is 18.8. The van der Waals surface area contributed by atoms with Gasteiger partial charge in [0.05, 0.1) is 12.9 Å². The van der Waals surface area contributed by atoms with E-state index in [9.17, 15) is 16.8 Å². The zero-order valence-corrected chi connectivity index (χ0v) is 22.0. The lowest BCUT2D eigenvalue weighted by Gasteiger charge is -2.30. The monoisotopic (exact) mass is 556 g/mol. The van der Waals surface area contributed by atoms with E-state index in [1.54, 1.807) is 12.1 Å². The number of rotatable bonds is 7. The highest BCUT2D eigenvalue weighted by Gasteiger charge is 2.26. The van der Waals surface area contributed by atoms with E-state index < -0.39 is 19.9 Å². The Morgan fingerprint density at radius 1 is 0.970 bits per heavy atom. The number of hydrogen-bond acceptors (Lipinski definition) is 6. The van der Waals surface area contributed by atoms with E-state index in [2.05, 4.69) is 33.0 Å². The van der Waals surface area contributed by atoms with Gasteiger partial charge in [-0.05, 0) is 59.7 Å². The predicted octanol–water partition coefficient (Wildman–Crippen LogP) is 3.42. The number of nitrogens with zero attached hydrogens (tertiary/aromatic N) is 2. The lowest BCUT2D eigenvalue weighted by molar-refractivity contribution is 0.183. The van der Waals surface area contributed by atoms with Crippen LogP contribution in [-0.2, 0) is 39.5 Å². The summed E-state index contributed by atoms with van der Waals surface area (Å²) in [5.41, 5.74) is 3.51. The summed E-state index contributed by atoms with van der Waals surface area (Å²) in [6, 6.07) is 11.7. The number of piperidine rings is 1. The molecule has 2 aromatic rings. The molecule has 7 nitrogen and oxygen atoms in total. The maximum atomic E-state index is 12.5. The van der Waals surface area contributed by atoms with Crippen molar-refractivity contribution < 1.29 is 21.6 Å². The number of halogens is 1. The topological polar surface area (TPSA) is 84.0 Å². The Bertz CT molecular complexity index is 1240. The van der Waals surface area contributed by atoms with Crippen LogP contribution in [0.15, 0.2) is 45.8 Å². The molecule has 0 bridgehead atoms. The highest BCUT2D eigenvalue weighted by molar-refractivity contribution is 9.10. The van der Waals surface area contributed by atoms with E-state index in [-0.39, 0.29) is 10.8 Å². The van der Waals surface area contributed by atoms with E-state index in [4.69, 9.17) is 4.74 Å². The van der Waals surface area contributed by atoms with Crippen molar-refractivity contribution in [3.63, 3.8) is 0 Å². The van der Waals surface area contributed by atoms with Crippen LogP contribution in [-0.4, -0.2) is 58.2 Å². The Hall–Kier alpha value is -1.46. The molecule has 0 N–H and O–H groups in total. The van der Waals surface area contributed by atoms with E-state index in [1.807, 2.05) is 12.1 Å².